The van der Waals surface area contributed by atoms with Gasteiger partial charge >= 0.3 is 0 Å². The number of amides is 1. The van der Waals surface area contributed by atoms with E-state index in [1.807, 2.05) is 24.3 Å². The summed E-state index contributed by atoms with van der Waals surface area (Å²) in [7, 11) is 0. The molecule has 1 amide bonds. The molecule has 98 valence electrons. The van der Waals surface area contributed by atoms with Crippen LogP contribution in [0.4, 0.5) is 4.39 Å². The molecular weight excluding hydrogens is 255 g/mol. The normalized spacial score (nSPS) is 10.7. The predicted octanol–water partition coefficient (Wildman–Crippen LogP) is 3.14. The fourth-order valence-corrected chi connectivity index (χ4v) is 2.18. The highest BCUT2D eigenvalue weighted by Crippen LogP contribution is 2.27. The molecule has 0 saturated carbocycles. The Morgan fingerprint density at radius 3 is 2.60 bits per heavy atom. The number of rotatable bonds is 2. The topological polar surface area (TPSA) is 56.0 Å². The van der Waals surface area contributed by atoms with Crippen molar-refractivity contribution in [1.82, 2.24) is 4.98 Å². The van der Waals surface area contributed by atoms with E-state index < -0.39 is 5.91 Å². The maximum absolute atomic E-state index is 13.4. The number of benzene rings is 2. The Hall–Kier alpha value is -2.75. The van der Waals surface area contributed by atoms with Crippen LogP contribution in [0.5, 0.6) is 0 Å². The van der Waals surface area contributed by atoms with Gasteiger partial charge in [0, 0.05) is 10.9 Å². The third kappa shape index (κ3) is 2.12. The van der Waals surface area contributed by atoms with E-state index in [4.69, 9.17) is 5.73 Å². The molecule has 3 nitrogen and oxygen atoms in total. The van der Waals surface area contributed by atoms with Gasteiger partial charge in [-0.05, 0) is 23.6 Å². The molecule has 0 aliphatic rings. The van der Waals surface area contributed by atoms with Gasteiger partial charge in [-0.3, -0.25) is 4.79 Å². The average molecular weight is 266 g/mol. The lowest BCUT2D eigenvalue weighted by Crippen LogP contribution is -2.13. The summed E-state index contributed by atoms with van der Waals surface area (Å²) in [6.07, 6.45) is 0. The maximum atomic E-state index is 13.4. The van der Waals surface area contributed by atoms with E-state index in [0.717, 1.165) is 10.8 Å². The first kappa shape index (κ1) is 12.3. The average Bonchev–Trinajstić information content (AvgIpc) is 2.46. The smallest absolute Gasteiger partial charge is 0.267 e. The zero-order valence-electron chi connectivity index (χ0n) is 10.5. The molecule has 3 aromatic rings. The standard InChI is InChI=1S/C16H11FN2O/c17-12-6-3-5-11(8-12)15-13-7-2-1-4-10(13)9-14(19-15)16(18)20/h1-9H,(H2,18,20). The van der Waals surface area contributed by atoms with E-state index in [-0.39, 0.29) is 11.5 Å². The summed E-state index contributed by atoms with van der Waals surface area (Å²) in [6, 6.07) is 15.2. The number of nitrogens with two attached hydrogens (primary N) is 1. The second-order valence-corrected chi connectivity index (χ2v) is 4.45. The number of halogens is 1. The van der Waals surface area contributed by atoms with Gasteiger partial charge in [0.15, 0.2) is 0 Å². The van der Waals surface area contributed by atoms with E-state index >= 15 is 0 Å². The van der Waals surface area contributed by atoms with Gasteiger partial charge in [0.2, 0.25) is 0 Å². The fourth-order valence-electron chi connectivity index (χ4n) is 2.18. The van der Waals surface area contributed by atoms with Gasteiger partial charge in [0.05, 0.1) is 5.69 Å². The molecule has 1 aromatic heterocycles. The van der Waals surface area contributed by atoms with Gasteiger partial charge in [0.1, 0.15) is 11.5 Å². The highest BCUT2D eigenvalue weighted by Gasteiger charge is 2.11. The van der Waals surface area contributed by atoms with E-state index in [1.165, 1.54) is 12.1 Å². The summed E-state index contributed by atoms with van der Waals surface area (Å²) in [5, 5.41) is 1.69. The minimum Gasteiger partial charge on any atom is -0.364 e. The van der Waals surface area contributed by atoms with Crippen LogP contribution in [0.15, 0.2) is 54.6 Å². The Kier molecular flexibility index (Phi) is 2.91. The molecule has 0 aliphatic heterocycles. The van der Waals surface area contributed by atoms with Crippen LogP contribution in [-0.2, 0) is 0 Å². The summed E-state index contributed by atoms with van der Waals surface area (Å²) in [4.78, 5) is 15.7. The van der Waals surface area contributed by atoms with Gasteiger partial charge in [-0.15, -0.1) is 0 Å². The minimum absolute atomic E-state index is 0.169. The number of carbonyl (C=O) groups excluding carboxylic acids is 1. The molecule has 0 saturated heterocycles. The quantitative estimate of drug-likeness (QED) is 0.774. The van der Waals surface area contributed by atoms with Crippen LogP contribution < -0.4 is 5.73 Å². The zero-order chi connectivity index (χ0) is 14.1. The van der Waals surface area contributed by atoms with Crippen molar-refractivity contribution in [2.24, 2.45) is 5.73 Å². The molecule has 3 rings (SSSR count). The number of hydrogen-bond acceptors (Lipinski definition) is 2. The van der Waals surface area contributed by atoms with Crippen molar-refractivity contribution in [2.45, 2.75) is 0 Å². The van der Waals surface area contributed by atoms with Crippen molar-refractivity contribution < 1.29 is 9.18 Å². The second-order valence-electron chi connectivity index (χ2n) is 4.45. The Balaban J connectivity index is 2.35. The van der Waals surface area contributed by atoms with Crippen LogP contribution in [-0.4, -0.2) is 10.9 Å². The summed E-state index contributed by atoms with van der Waals surface area (Å²) in [5.41, 5.74) is 6.64. The number of pyridine rings is 1. The van der Waals surface area contributed by atoms with Crippen LogP contribution in [0.25, 0.3) is 22.0 Å². The van der Waals surface area contributed by atoms with Crippen molar-refractivity contribution in [1.29, 1.82) is 0 Å². The Bertz CT molecular complexity index is 814. The molecule has 0 aliphatic carbocycles. The van der Waals surface area contributed by atoms with Crippen molar-refractivity contribution in [3.8, 4) is 11.3 Å². The van der Waals surface area contributed by atoms with Gasteiger partial charge < -0.3 is 5.73 Å². The summed E-state index contributed by atoms with van der Waals surface area (Å²) < 4.78 is 13.4. The molecule has 2 N–H and O–H groups in total. The zero-order valence-corrected chi connectivity index (χ0v) is 10.5. The summed E-state index contributed by atoms with van der Waals surface area (Å²) >= 11 is 0. The summed E-state index contributed by atoms with van der Waals surface area (Å²) in [5.74, 6) is -0.953. The molecule has 20 heavy (non-hydrogen) atoms. The van der Waals surface area contributed by atoms with Gasteiger partial charge in [0.25, 0.3) is 5.91 Å². The van der Waals surface area contributed by atoms with Crippen LogP contribution in [0.2, 0.25) is 0 Å². The lowest BCUT2D eigenvalue weighted by atomic mass is 10.0. The van der Waals surface area contributed by atoms with Gasteiger partial charge in [-0.25, -0.2) is 9.37 Å². The predicted molar refractivity (Wildman–Crippen MR) is 75.7 cm³/mol. The van der Waals surface area contributed by atoms with Crippen molar-refractivity contribution in [2.75, 3.05) is 0 Å². The molecule has 0 radical (unpaired) electrons. The maximum Gasteiger partial charge on any atom is 0.267 e. The number of nitrogens with zero attached hydrogens (tertiary/aromatic N) is 1. The van der Waals surface area contributed by atoms with E-state index in [2.05, 4.69) is 4.98 Å². The Morgan fingerprint density at radius 2 is 1.85 bits per heavy atom. The van der Waals surface area contributed by atoms with Crippen LogP contribution in [0.3, 0.4) is 0 Å². The van der Waals surface area contributed by atoms with Gasteiger partial charge in [-0.1, -0.05) is 36.4 Å². The monoisotopic (exact) mass is 266 g/mol. The van der Waals surface area contributed by atoms with E-state index in [9.17, 15) is 9.18 Å². The Morgan fingerprint density at radius 1 is 1.05 bits per heavy atom. The number of hydrogen-bond donors (Lipinski definition) is 1. The summed E-state index contributed by atoms with van der Waals surface area (Å²) in [6.45, 7) is 0. The molecule has 0 fully saturated rings. The highest BCUT2D eigenvalue weighted by atomic mass is 19.1. The molecule has 4 heteroatoms. The third-order valence-electron chi connectivity index (χ3n) is 3.09. The Labute approximate surface area is 114 Å². The molecular formula is C16H11FN2O. The van der Waals surface area contributed by atoms with E-state index in [1.54, 1.807) is 18.2 Å². The fraction of sp³-hybridized carbons (Fsp3) is 0. The van der Waals surface area contributed by atoms with Crippen LogP contribution >= 0.6 is 0 Å². The van der Waals surface area contributed by atoms with Crippen molar-refractivity contribution in [3.05, 3.63) is 66.1 Å². The molecule has 0 unspecified atom stereocenters. The van der Waals surface area contributed by atoms with Crippen molar-refractivity contribution >= 4 is 16.7 Å². The lowest BCUT2D eigenvalue weighted by molar-refractivity contribution is 0.0996. The molecule has 0 bridgehead atoms. The molecule has 0 spiro atoms. The third-order valence-corrected chi connectivity index (χ3v) is 3.09. The molecule has 2 aromatic carbocycles. The highest BCUT2D eigenvalue weighted by molar-refractivity contribution is 6.00. The molecule has 0 atom stereocenters. The first-order valence-corrected chi connectivity index (χ1v) is 6.11. The first-order valence-electron chi connectivity index (χ1n) is 6.11. The minimum atomic E-state index is -0.603. The van der Waals surface area contributed by atoms with Crippen molar-refractivity contribution in [3.63, 3.8) is 0 Å². The lowest BCUT2D eigenvalue weighted by Gasteiger charge is -2.08. The van der Waals surface area contributed by atoms with E-state index in [0.29, 0.717) is 11.3 Å². The largest absolute Gasteiger partial charge is 0.364 e. The SMILES string of the molecule is NC(=O)c1cc2ccccc2c(-c2cccc(F)c2)n1. The van der Waals surface area contributed by atoms with Crippen LogP contribution in [0, 0.1) is 5.82 Å². The number of fused-ring (bicyclic) bond motifs is 1. The molecule has 1 heterocycles. The van der Waals surface area contributed by atoms with Gasteiger partial charge in [-0.2, -0.15) is 0 Å². The first-order chi connectivity index (χ1) is 9.65. The second kappa shape index (κ2) is 4.74. The number of aromatic nitrogens is 1. The number of carbonyl (C=O) groups is 1. The number of primary amides is 1. The van der Waals surface area contributed by atoms with Crippen LogP contribution in [0.1, 0.15) is 10.5 Å².